The molecule has 180 valence electrons. The van der Waals surface area contributed by atoms with E-state index < -0.39 is 21.8 Å². The molecule has 0 bridgehead atoms. The van der Waals surface area contributed by atoms with E-state index in [-0.39, 0.29) is 17.4 Å². The second kappa shape index (κ2) is 10.6. The van der Waals surface area contributed by atoms with Crippen molar-refractivity contribution in [2.75, 3.05) is 22.9 Å². The van der Waals surface area contributed by atoms with Gasteiger partial charge in [-0.3, -0.25) is 9.59 Å². The minimum atomic E-state index is -3.61. The Morgan fingerprint density at radius 2 is 1.94 bits per heavy atom. The van der Waals surface area contributed by atoms with Crippen molar-refractivity contribution in [3.63, 3.8) is 0 Å². The molecule has 0 fully saturated rings. The van der Waals surface area contributed by atoms with Crippen molar-refractivity contribution in [1.29, 1.82) is 0 Å². The maximum atomic E-state index is 12.7. The van der Waals surface area contributed by atoms with Gasteiger partial charge in [-0.25, -0.2) is 8.42 Å². The van der Waals surface area contributed by atoms with Gasteiger partial charge in [0.15, 0.2) is 9.84 Å². The monoisotopic (exact) mass is 501 g/mol. The molecule has 0 unspecified atom stereocenters. The first-order valence-electron chi connectivity index (χ1n) is 11.4. The summed E-state index contributed by atoms with van der Waals surface area (Å²) in [6.45, 7) is 0.567. The highest BCUT2D eigenvalue weighted by molar-refractivity contribution is 7.90. The lowest BCUT2D eigenvalue weighted by Crippen LogP contribution is -2.43. The van der Waals surface area contributed by atoms with E-state index in [0.717, 1.165) is 19.3 Å². The van der Waals surface area contributed by atoms with E-state index in [9.17, 15) is 18.0 Å². The summed E-state index contributed by atoms with van der Waals surface area (Å²) in [4.78, 5) is 25.2. The van der Waals surface area contributed by atoms with Crippen LogP contribution in [0.5, 0.6) is 0 Å². The van der Waals surface area contributed by atoms with Gasteiger partial charge in [0, 0.05) is 17.1 Å². The summed E-state index contributed by atoms with van der Waals surface area (Å²) in [6.07, 6.45) is 7.77. The largest absolute Gasteiger partial charge is 0.371 e. The number of fused-ring (bicyclic) bond motifs is 1. The van der Waals surface area contributed by atoms with Gasteiger partial charge in [0.05, 0.1) is 22.9 Å². The molecule has 0 aromatic heterocycles. The van der Waals surface area contributed by atoms with Gasteiger partial charge in [-0.2, -0.15) is 0 Å². The Labute approximate surface area is 204 Å². The number of sulfone groups is 1. The molecule has 0 radical (unpaired) electrons. The lowest BCUT2D eigenvalue weighted by atomic mass is 9.97. The smallest absolute Gasteiger partial charge is 0.251 e. The second-order valence-electron chi connectivity index (χ2n) is 8.71. The maximum Gasteiger partial charge on any atom is 0.251 e. The molecule has 3 N–H and O–H groups in total. The molecule has 1 atom stereocenters. The van der Waals surface area contributed by atoms with E-state index in [2.05, 4.69) is 22.0 Å². The molecule has 0 spiro atoms. The van der Waals surface area contributed by atoms with Crippen LogP contribution in [0.1, 0.15) is 48.0 Å². The number of rotatable bonds is 8. The van der Waals surface area contributed by atoms with Gasteiger partial charge in [-0.1, -0.05) is 41.4 Å². The van der Waals surface area contributed by atoms with Crippen LogP contribution in [0.25, 0.3) is 0 Å². The van der Waals surface area contributed by atoms with Gasteiger partial charge in [0.1, 0.15) is 6.04 Å². The molecule has 1 aliphatic heterocycles. The highest BCUT2D eigenvalue weighted by Gasteiger charge is 2.31. The van der Waals surface area contributed by atoms with Crippen molar-refractivity contribution in [2.24, 2.45) is 0 Å². The molecule has 2 aromatic carbocycles. The van der Waals surface area contributed by atoms with E-state index in [0.29, 0.717) is 34.1 Å². The SMILES string of the molecule is O=C(NCCC1=CCCCC1)c1ccc2c(c1)NC(=O)[C@@H](CS(=O)(=O)Cc1ccccc1Cl)N2. The van der Waals surface area contributed by atoms with Crippen LogP contribution in [0.15, 0.2) is 54.1 Å². The van der Waals surface area contributed by atoms with Crippen molar-refractivity contribution in [3.8, 4) is 0 Å². The number of carbonyl (C=O) groups excluding carboxylic acids is 2. The fraction of sp³-hybridized carbons (Fsp3) is 0.360. The molecule has 1 heterocycles. The van der Waals surface area contributed by atoms with Gasteiger partial charge >= 0.3 is 0 Å². The lowest BCUT2D eigenvalue weighted by molar-refractivity contribution is -0.116. The number of hydrogen-bond acceptors (Lipinski definition) is 5. The number of hydrogen-bond donors (Lipinski definition) is 3. The summed E-state index contributed by atoms with van der Waals surface area (Å²) in [5.74, 6) is -1.29. The number of halogens is 1. The summed E-state index contributed by atoms with van der Waals surface area (Å²) in [7, 11) is -3.61. The first-order chi connectivity index (χ1) is 16.3. The van der Waals surface area contributed by atoms with E-state index in [1.54, 1.807) is 42.5 Å². The Balaban J connectivity index is 1.36. The number of anilines is 2. The van der Waals surface area contributed by atoms with Crippen molar-refractivity contribution < 1.29 is 18.0 Å². The Bertz CT molecular complexity index is 1230. The average Bonchev–Trinajstić information content (AvgIpc) is 2.81. The number of nitrogens with one attached hydrogen (secondary N) is 3. The normalized spacial score (nSPS) is 17.7. The van der Waals surface area contributed by atoms with E-state index >= 15 is 0 Å². The number of benzene rings is 2. The fourth-order valence-corrected chi connectivity index (χ4v) is 6.11. The predicted octanol–water partition coefficient (Wildman–Crippen LogP) is 4.31. The maximum absolute atomic E-state index is 12.7. The average molecular weight is 502 g/mol. The highest BCUT2D eigenvalue weighted by atomic mass is 35.5. The van der Waals surface area contributed by atoms with E-state index in [1.807, 2.05) is 0 Å². The second-order valence-corrected chi connectivity index (χ2v) is 11.2. The van der Waals surface area contributed by atoms with E-state index in [1.165, 1.54) is 18.4 Å². The molecular weight excluding hydrogens is 474 g/mol. The Morgan fingerprint density at radius 1 is 1.12 bits per heavy atom. The van der Waals surface area contributed by atoms with Crippen LogP contribution in [0.3, 0.4) is 0 Å². The van der Waals surface area contributed by atoms with Crippen molar-refractivity contribution in [2.45, 2.75) is 43.9 Å². The van der Waals surface area contributed by atoms with Crippen LogP contribution in [0.4, 0.5) is 11.4 Å². The molecule has 0 saturated carbocycles. The van der Waals surface area contributed by atoms with Crippen molar-refractivity contribution in [1.82, 2.24) is 5.32 Å². The van der Waals surface area contributed by atoms with Crippen LogP contribution in [-0.4, -0.2) is 38.6 Å². The summed E-state index contributed by atoms with van der Waals surface area (Å²) in [6, 6.07) is 10.7. The van der Waals surface area contributed by atoms with Crippen LogP contribution in [0.2, 0.25) is 5.02 Å². The third kappa shape index (κ3) is 6.18. The molecule has 34 heavy (non-hydrogen) atoms. The standard InChI is InChI=1S/C25H28ClN3O4S/c26-20-9-5-4-8-19(20)15-34(32,33)16-23-25(31)29-22-14-18(10-11-21(22)28-23)24(30)27-13-12-17-6-2-1-3-7-17/h4-6,8-11,14,23,28H,1-3,7,12-13,15-16H2,(H,27,30)(H,29,31)/t23-/m1/s1. The minimum absolute atomic E-state index is 0.210. The molecule has 9 heteroatoms. The summed E-state index contributed by atoms with van der Waals surface area (Å²) in [5, 5.41) is 9.02. The zero-order valence-electron chi connectivity index (χ0n) is 18.8. The number of allylic oxidation sites excluding steroid dienone is 1. The molecule has 1 aliphatic carbocycles. The van der Waals surface area contributed by atoms with Gasteiger partial charge < -0.3 is 16.0 Å². The topological polar surface area (TPSA) is 104 Å². The molecule has 4 rings (SSSR count). The fourth-order valence-electron chi connectivity index (χ4n) is 4.24. The Morgan fingerprint density at radius 3 is 2.71 bits per heavy atom. The Hall–Kier alpha value is -2.84. The van der Waals surface area contributed by atoms with Gasteiger partial charge in [0.25, 0.3) is 5.91 Å². The van der Waals surface area contributed by atoms with Crippen LogP contribution < -0.4 is 16.0 Å². The summed E-state index contributed by atoms with van der Waals surface area (Å²) < 4.78 is 25.4. The molecule has 2 amide bonds. The van der Waals surface area contributed by atoms with Gasteiger partial charge in [-0.05, 0) is 61.9 Å². The first-order valence-corrected chi connectivity index (χ1v) is 13.6. The van der Waals surface area contributed by atoms with Crippen LogP contribution in [-0.2, 0) is 20.4 Å². The third-order valence-electron chi connectivity index (χ3n) is 6.06. The van der Waals surface area contributed by atoms with Gasteiger partial charge in [-0.15, -0.1) is 0 Å². The zero-order chi connectivity index (χ0) is 24.1. The van der Waals surface area contributed by atoms with Gasteiger partial charge in [0.2, 0.25) is 5.91 Å². The summed E-state index contributed by atoms with van der Waals surface area (Å²) in [5.41, 5.74) is 3.34. The molecular formula is C25H28ClN3O4S. The number of amides is 2. The third-order valence-corrected chi connectivity index (χ3v) is 8.02. The lowest BCUT2D eigenvalue weighted by Gasteiger charge is -2.27. The quantitative estimate of drug-likeness (QED) is 0.467. The predicted molar refractivity (Wildman–Crippen MR) is 135 cm³/mol. The highest BCUT2D eigenvalue weighted by Crippen LogP contribution is 2.29. The molecule has 2 aliphatic rings. The van der Waals surface area contributed by atoms with Crippen LogP contribution >= 0.6 is 11.6 Å². The number of carbonyl (C=O) groups is 2. The van der Waals surface area contributed by atoms with Crippen molar-refractivity contribution >= 4 is 44.6 Å². The minimum Gasteiger partial charge on any atom is -0.371 e. The van der Waals surface area contributed by atoms with E-state index in [4.69, 9.17) is 11.6 Å². The molecule has 0 saturated heterocycles. The van der Waals surface area contributed by atoms with Crippen LogP contribution in [0, 0.1) is 0 Å². The Kier molecular flexibility index (Phi) is 7.58. The summed E-state index contributed by atoms with van der Waals surface area (Å²) >= 11 is 6.09. The molecule has 2 aromatic rings. The van der Waals surface area contributed by atoms with Crippen molar-refractivity contribution in [3.05, 3.63) is 70.3 Å². The molecule has 7 nitrogen and oxygen atoms in total. The zero-order valence-corrected chi connectivity index (χ0v) is 20.3. The first kappa shape index (κ1) is 24.3.